The standard InChI is InChI=1S/C32H28Cl2N2O4/c33-27-17-26(18-28(34)19-27)32(40)36(20-22-11-13-25(14-12-22)31(39)35-16-15-30(37)38)21-29(23-7-3-1-4-8-23)24-9-5-2-6-10-24/h1-14,17-19,29H,15-16,20-21H2,(H,35,39)(H,37,38). The molecule has 0 bridgehead atoms. The molecule has 0 aliphatic heterocycles. The van der Waals surface area contributed by atoms with Crippen molar-refractivity contribution in [2.45, 2.75) is 18.9 Å². The Bertz CT molecular complexity index is 1400. The van der Waals surface area contributed by atoms with Crippen molar-refractivity contribution in [2.75, 3.05) is 13.1 Å². The van der Waals surface area contributed by atoms with Crippen molar-refractivity contribution in [1.29, 1.82) is 0 Å². The number of nitrogens with zero attached hydrogens (tertiary/aromatic N) is 1. The maximum absolute atomic E-state index is 13.9. The predicted molar refractivity (Wildman–Crippen MR) is 157 cm³/mol. The Morgan fingerprint density at radius 3 is 1.82 bits per heavy atom. The van der Waals surface area contributed by atoms with Gasteiger partial charge in [0, 0.05) is 46.7 Å². The molecule has 0 heterocycles. The highest BCUT2D eigenvalue weighted by atomic mass is 35.5. The van der Waals surface area contributed by atoms with E-state index in [9.17, 15) is 14.4 Å². The summed E-state index contributed by atoms with van der Waals surface area (Å²) in [5, 5.41) is 12.1. The first-order chi connectivity index (χ1) is 19.3. The molecular weight excluding hydrogens is 547 g/mol. The molecule has 0 aromatic heterocycles. The summed E-state index contributed by atoms with van der Waals surface area (Å²) in [5.74, 6) is -1.66. The summed E-state index contributed by atoms with van der Waals surface area (Å²) in [7, 11) is 0. The van der Waals surface area contributed by atoms with Crippen LogP contribution in [0.1, 0.15) is 49.7 Å². The summed E-state index contributed by atoms with van der Waals surface area (Å²) in [6, 6.07) is 31.7. The number of hydrogen-bond acceptors (Lipinski definition) is 3. The van der Waals surface area contributed by atoms with Crippen LogP contribution in [0, 0.1) is 0 Å². The third-order valence-electron chi connectivity index (χ3n) is 6.42. The molecule has 0 atom stereocenters. The van der Waals surface area contributed by atoms with Crippen LogP contribution in [-0.4, -0.2) is 40.9 Å². The second kappa shape index (κ2) is 13.8. The first-order valence-corrected chi connectivity index (χ1v) is 13.5. The van der Waals surface area contributed by atoms with E-state index in [1.165, 1.54) is 0 Å². The number of carboxylic acid groups (broad SMARTS) is 1. The Morgan fingerprint density at radius 2 is 1.30 bits per heavy atom. The number of benzene rings is 4. The van der Waals surface area contributed by atoms with E-state index in [0.717, 1.165) is 16.7 Å². The Hall–Kier alpha value is -4.13. The lowest BCUT2D eigenvalue weighted by Gasteiger charge is -2.29. The topological polar surface area (TPSA) is 86.7 Å². The SMILES string of the molecule is O=C(O)CCNC(=O)c1ccc(CN(CC(c2ccccc2)c2ccccc2)C(=O)c2cc(Cl)cc(Cl)c2)cc1. The lowest BCUT2D eigenvalue weighted by molar-refractivity contribution is -0.136. The summed E-state index contributed by atoms with van der Waals surface area (Å²) in [6.07, 6.45) is -0.154. The van der Waals surface area contributed by atoms with Crippen molar-refractivity contribution in [1.82, 2.24) is 10.2 Å². The van der Waals surface area contributed by atoms with E-state index in [-0.39, 0.29) is 37.2 Å². The fourth-order valence-electron chi connectivity index (χ4n) is 4.44. The first kappa shape index (κ1) is 28.9. The van der Waals surface area contributed by atoms with Crippen LogP contribution in [0.15, 0.2) is 103 Å². The van der Waals surface area contributed by atoms with Gasteiger partial charge in [-0.3, -0.25) is 14.4 Å². The lowest BCUT2D eigenvalue weighted by Crippen LogP contribution is -2.35. The van der Waals surface area contributed by atoms with E-state index in [0.29, 0.717) is 27.7 Å². The molecule has 0 fully saturated rings. The molecule has 40 heavy (non-hydrogen) atoms. The van der Waals surface area contributed by atoms with Gasteiger partial charge in [0.05, 0.1) is 6.42 Å². The molecule has 0 saturated heterocycles. The molecule has 204 valence electrons. The van der Waals surface area contributed by atoms with E-state index in [2.05, 4.69) is 5.32 Å². The maximum atomic E-state index is 13.9. The number of carboxylic acids is 1. The highest BCUT2D eigenvalue weighted by molar-refractivity contribution is 6.35. The molecule has 0 saturated carbocycles. The van der Waals surface area contributed by atoms with E-state index in [4.69, 9.17) is 28.3 Å². The van der Waals surface area contributed by atoms with Gasteiger partial charge < -0.3 is 15.3 Å². The zero-order chi connectivity index (χ0) is 28.5. The van der Waals surface area contributed by atoms with Crippen molar-refractivity contribution in [2.24, 2.45) is 0 Å². The van der Waals surface area contributed by atoms with Crippen molar-refractivity contribution in [3.05, 3.63) is 141 Å². The van der Waals surface area contributed by atoms with Gasteiger partial charge in [-0.05, 0) is 47.0 Å². The number of hydrogen-bond donors (Lipinski definition) is 2. The van der Waals surface area contributed by atoms with Gasteiger partial charge in [-0.1, -0.05) is 96.0 Å². The maximum Gasteiger partial charge on any atom is 0.305 e. The minimum Gasteiger partial charge on any atom is -0.481 e. The molecule has 8 heteroatoms. The lowest BCUT2D eigenvalue weighted by atomic mass is 9.90. The Kier molecular flexibility index (Phi) is 9.95. The first-order valence-electron chi connectivity index (χ1n) is 12.7. The molecule has 0 aliphatic carbocycles. The average Bonchev–Trinajstić information content (AvgIpc) is 2.95. The fraction of sp³-hybridized carbons (Fsp3) is 0.156. The van der Waals surface area contributed by atoms with E-state index in [1.54, 1.807) is 47.4 Å². The molecule has 2 N–H and O–H groups in total. The molecule has 4 rings (SSSR count). The van der Waals surface area contributed by atoms with Crippen LogP contribution in [0.25, 0.3) is 0 Å². The van der Waals surface area contributed by atoms with Gasteiger partial charge in [0.2, 0.25) is 0 Å². The van der Waals surface area contributed by atoms with Gasteiger partial charge in [-0.2, -0.15) is 0 Å². The number of nitrogens with one attached hydrogen (secondary N) is 1. The van der Waals surface area contributed by atoms with Crippen LogP contribution in [0.2, 0.25) is 10.0 Å². The van der Waals surface area contributed by atoms with Gasteiger partial charge in [0.25, 0.3) is 11.8 Å². The highest BCUT2D eigenvalue weighted by Crippen LogP contribution is 2.28. The van der Waals surface area contributed by atoms with Crippen molar-refractivity contribution < 1.29 is 19.5 Å². The molecule has 0 aliphatic rings. The van der Waals surface area contributed by atoms with Crippen molar-refractivity contribution >= 4 is 41.0 Å². The fourth-order valence-corrected chi connectivity index (χ4v) is 4.97. The molecule has 2 amide bonds. The van der Waals surface area contributed by atoms with Crippen LogP contribution >= 0.6 is 23.2 Å². The van der Waals surface area contributed by atoms with Crippen LogP contribution in [0.4, 0.5) is 0 Å². The molecule has 4 aromatic rings. The largest absolute Gasteiger partial charge is 0.481 e. The van der Waals surface area contributed by atoms with Gasteiger partial charge >= 0.3 is 5.97 Å². The number of aliphatic carboxylic acids is 1. The minimum atomic E-state index is -0.981. The Morgan fingerprint density at radius 1 is 0.750 bits per heavy atom. The smallest absolute Gasteiger partial charge is 0.305 e. The van der Waals surface area contributed by atoms with E-state index < -0.39 is 5.97 Å². The van der Waals surface area contributed by atoms with E-state index >= 15 is 0 Å². The van der Waals surface area contributed by atoms with E-state index in [1.807, 2.05) is 60.7 Å². The Balaban J connectivity index is 1.63. The third kappa shape index (κ3) is 7.94. The summed E-state index contributed by atoms with van der Waals surface area (Å²) < 4.78 is 0. The van der Waals surface area contributed by atoms with Gasteiger partial charge in [-0.25, -0.2) is 0 Å². The zero-order valence-electron chi connectivity index (χ0n) is 21.6. The zero-order valence-corrected chi connectivity index (χ0v) is 23.1. The molecular formula is C32H28Cl2N2O4. The molecule has 0 spiro atoms. The number of carbonyl (C=O) groups excluding carboxylic acids is 2. The van der Waals surface area contributed by atoms with Crippen molar-refractivity contribution in [3.8, 4) is 0 Å². The quantitative estimate of drug-likeness (QED) is 0.209. The van der Waals surface area contributed by atoms with Crippen LogP contribution < -0.4 is 5.32 Å². The van der Waals surface area contributed by atoms with Gasteiger partial charge in [0.1, 0.15) is 0 Å². The summed E-state index contributed by atoms with van der Waals surface area (Å²) in [5.41, 5.74) is 3.75. The molecule has 6 nitrogen and oxygen atoms in total. The van der Waals surface area contributed by atoms with Crippen LogP contribution in [-0.2, 0) is 11.3 Å². The van der Waals surface area contributed by atoms with Crippen LogP contribution in [0.5, 0.6) is 0 Å². The third-order valence-corrected chi connectivity index (χ3v) is 6.85. The average molecular weight is 575 g/mol. The highest BCUT2D eigenvalue weighted by Gasteiger charge is 2.24. The number of rotatable bonds is 11. The molecule has 0 unspecified atom stereocenters. The number of amides is 2. The summed E-state index contributed by atoms with van der Waals surface area (Å²) in [4.78, 5) is 38.8. The second-order valence-corrected chi connectivity index (χ2v) is 10.2. The Labute approximate surface area is 243 Å². The number of halogens is 2. The number of carbonyl (C=O) groups is 3. The molecule has 4 aromatic carbocycles. The normalized spacial score (nSPS) is 10.8. The summed E-state index contributed by atoms with van der Waals surface area (Å²) in [6.45, 7) is 0.704. The predicted octanol–water partition coefficient (Wildman–Crippen LogP) is 6.67. The van der Waals surface area contributed by atoms with Gasteiger partial charge in [0.15, 0.2) is 0 Å². The van der Waals surface area contributed by atoms with Crippen molar-refractivity contribution in [3.63, 3.8) is 0 Å². The monoisotopic (exact) mass is 574 g/mol. The van der Waals surface area contributed by atoms with Gasteiger partial charge in [-0.15, -0.1) is 0 Å². The van der Waals surface area contributed by atoms with Crippen LogP contribution in [0.3, 0.4) is 0 Å². The molecule has 0 radical (unpaired) electrons. The second-order valence-electron chi connectivity index (χ2n) is 9.31. The summed E-state index contributed by atoms with van der Waals surface area (Å²) >= 11 is 12.5. The minimum absolute atomic E-state index is 0.0424.